The van der Waals surface area contributed by atoms with Crippen LogP contribution >= 0.6 is 0 Å². The Kier molecular flexibility index (Phi) is 5.86. The van der Waals surface area contributed by atoms with E-state index in [9.17, 15) is 0 Å². The third kappa shape index (κ3) is 7.34. The van der Waals surface area contributed by atoms with Gasteiger partial charge in [-0.3, -0.25) is 0 Å². The van der Waals surface area contributed by atoms with Crippen LogP contribution in [0.1, 0.15) is 13.3 Å². The molecule has 1 nitrogen and oxygen atoms in total. The predicted molar refractivity (Wildman–Crippen MR) is 51.7 cm³/mol. The van der Waals surface area contributed by atoms with E-state index in [4.69, 9.17) is 0 Å². The van der Waals surface area contributed by atoms with E-state index in [0.717, 1.165) is 13.0 Å². The third-order valence-electron chi connectivity index (χ3n) is 1.47. The van der Waals surface area contributed by atoms with Gasteiger partial charge in [0.15, 0.2) is 0 Å². The molecule has 1 heteroatoms. The van der Waals surface area contributed by atoms with Crippen molar-refractivity contribution in [3.05, 3.63) is 24.8 Å². The van der Waals surface area contributed by atoms with Crippen molar-refractivity contribution in [3.8, 4) is 0 Å². The van der Waals surface area contributed by atoms with Crippen molar-refractivity contribution in [2.24, 2.45) is 5.92 Å². The van der Waals surface area contributed by atoms with E-state index in [1.54, 1.807) is 0 Å². The van der Waals surface area contributed by atoms with Crippen LogP contribution in [0.4, 0.5) is 0 Å². The summed E-state index contributed by atoms with van der Waals surface area (Å²) in [7, 11) is 4.14. The Morgan fingerprint density at radius 3 is 2.55 bits per heavy atom. The molecule has 0 aliphatic carbocycles. The molecule has 0 aromatic heterocycles. The van der Waals surface area contributed by atoms with E-state index in [-0.39, 0.29) is 0 Å². The molecule has 0 spiro atoms. The van der Waals surface area contributed by atoms with Crippen LogP contribution in [-0.4, -0.2) is 25.5 Å². The van der Waals surface area contributed by atoms with E-state index in [2.05, 4.69) is 44.6 Å². The summed E-state index contributed by atoms with van der Waals surface area (Å²) in [6.07, 6.45) is 7.48. The van der Waals surface area contributed by atoms with Gasteiger partial charge in [0.05, 0.1) is 0 Å². The molecule has 0 bridgehead atoms. The fraction of sp³-hybridized carbons (Fsp3) is 0.600. The van der Waals surface area contributed by atoms with Crippen LogP contribution in [0, 0.1) is 5.92 Å². The Hall–Kier alpha value is -0.560. The lowest BCUT2D eigenvalue weighted by Gasteiger charge is -2.05. The van der Waals surface area contributed by atoms with Crippen LogP contribution in [0.5, 0.6) is 0 Å². The number of hydrogen-bond acceptors (Lipinski definition) is 1. The summed E-state index contributed by atoms with van der Waals surface area (Å²) >= 11 is 0. The minimum Gasteiger partial charge on any atom is -0.306 e. The molecule has 0 N–H and O–H groups in total. The molecule has 1 unspecified atom stereocenters. The van der Waals surface area contributed by atoms with Crippen LogP contribution in [0.15, 0.2) is 24.8 Å². The van der Waals surface area contributed by atoms with Crippen molar-refractivity contribution in [2.45, 2.75) is 13.3 Å². The highest BCUT2D eigenvalue weighted by Crippen LogP contribution is 2.03. The predicted octanol–water partition coefficient (Wildman–Crippen LogP) is 2.32. The first-order chi connectivity index (χ1) is 5.16. The molecule has 0 aromatic carbocycles. The topological polar surface area (TPSA) is 3.24 Å². The molecule has 0 amide bonds. The smallest absolute Gasteiger partial charge is 0.0157 e. The highest BCUT2D eigenvalue weighted by Gasteiger charge is 1.91. The molecule has 11 heavy (non-hydrogen) atoms. The second-order valence-corrected chi connectivity index (χ2v) is 3.19. The van der Waals surface area contributed by atoms with Crippen molar-refractivity contribution < 1.29 is 0 Å². The molecule has 0 aromatic rings. The van der Waals surface area contributed by atoms with Crippen molar-refractivity contribution in [2.75, 3.05) is 20.6 Å². The first-order valence-corrected chi connectivity index (χ1v) is 4.09. The molecular formula is C10H19N. The molecule has 1 atom stereocenters. The van der Waals surface area contributed by atoms with Gasteiger partial charge in [0.25, 0.3) is 0 Å². The van der Waals surface area contributed by atoms with Gasteiger partial charge in [0, 0.05) is 6.54 Å². The average molecular weight is 153 g/mol. The normalized spacial score (nSPS) is 14.2. The van der Waals surface area contributed by atoms with Gasteiger partial charge in [-0.2, -0.15) is 0 Å². The number of hydrogen-bond donors (Lipinski definition) is 0. The van der Waals surface area contributed by atoms with Crippen LogP contribution in [0.2, 0.25) is 0 Å². The van der Waals surface area contributed by atoms with Crippen molar-refractivity contribution in [1.29, 1.82) is 0 Å². The summed E-state index contributed by atoms with van der Waals surface area (Å²) in [6.45, 7) is 6.93. The van der Waals surface area contributed by atoms with Gasteiger partial charge in [0.2, 0.25) is 0 Å². The Morgan fingerprint density at radius 2 is 2.09 bits per heavy atom. The quantitative estimate of drug-likeness (QED) is 0.548. The van der Waals surface area contributed by atoms with Gasteiger partial charge in [-0.15, -0.1) is 6.58 Å². The Balaban J connectivity index is 3.47. The second kappa shape index (κ2) is 6.17. The molecule has 0 radical (unpaired) electrons. The third-order valence-corrected chi connectivity index (χ3v) is 1.47. The summed E-state index contributed by atoms with van der Waals surface area (Å²) in [5.41, 5.74) is 0. The first kappa shape index (κ1) is 10.4. The maximum absolute atomic E-state index is 3.70. The summed E-state index contributed by atoms with van der Waals surface area (Å²) in [6, 6.07) is 0. The van der Waals surface area contributed by atoms with Crippen LogP contribution in [0.3, 0.4) is 0 Å². The number of nitrogens with zero attached hydrogens (tertiary/aromatic N) is 1. The zero-order valence-electron chi connectivity index (χ0n) is 7.88. The van der Waals surface area contributed by atoms with Crippen LogP contribution in [-0.2, 0) is 0 Å². The van der Waals surface area contributed by atoms with E-state index in [1.807, 2.05) is 6.08 Å². The van der Waals surface area contributed by atoms with Gasteiger partial charge in [0.1, 0.15) is 0 Å². The zero-order valence-corrected chi connectivity index (χ0v) is 7.88. The highest BCUT2D eigenvalue weighted by molar-refractivity contribution is 4.90. The summed E-state index contributed by atoms with van der Waals surface area (Å²) < 4.78 is 0. The lowest BCUT2D eigenvalue weighted by Crippen LogP contribution is -2.10. The van der Waals surface area contributed by atoms with Gasteiger partial charge in [-0.05, 0) is 26.4 Å². The van der Waals surface area contributed by atoms with E-state index < -0.39 is 0 Å². The monoisotopic (exact) mass is 153 g/mol. The minimum atomic E-state index is 0.632. The van der Waals surface area contributed by atoms with Gasteiger partial charge < -0.3 is 4.90 Å². The highest BCUT2D eigenvalue weighted by atomic mass is 15.0. The maximum atomic E-state index is 3.70. The average Bonchev–Trinajstić information content (AvgIpc) is 1.87. The lowest BCUT2D eigenvalue weighted by molar-refractivity contribution is 0.455. The molecule has 0 saturated carbocycles. The zero-order chi connectivity index (χ0) is 8.69. The summed E-state index contributed by atoms with van der Waals surface area (Å²) in [5.74, 6) is 0.632. The minimum absolute atomic E-state index is 0.632. The van der Waals surface area contributed by atoms with Crippen molar-refractivity contribution in [3.63, 3.8) is 0 Å². The van der Waals surface area contributed by atoms with Crippen LogP contribution in [0.25, 0.3) is 0 Å². The molecule has 0 saturated heterocycles. The number of allylic oxidation sites excluding steroid dienone is 2. The number of likely N-dealkylation sites (N-methyl/N-ethyl adjacent to an activating group) is 1. The molecule has 0 aliphatic rings. The molecule has 0 aliphatic heterocycles. The molecule has 64 valence electrons. The van der Waals surface area contributed by atoms with E-state index in [0.29, 0.717) is 5.92 Å². The molecule has 0 heterocycles. The fourth-order valence-electron chi connectivity index (χ4n) is 0.845. The molecule has 0 rings (SSSR count). The van der Waals surface area contributed by atoms with Gasteiger partial charge in [-0.25, -0.2) is 0 Å². The largest absolute Gasteiger partial charge is 0.306 e. The van der Waals surface area contributed by atoms with E-state index in [1.165, 1.54) is 0 Å². The molecule has 0 fully saturated rings. The Morgan fingerprint density at radius 1 is 1.45 bits per heavy atom. The lowest BCUT2D eigenvalue weighted by atomic mass is 10.1. The molecular weight excluding hydrogens is 134 g/mol. The first-order valence-electron chi connectivity index (χ1n) is 4.09. The Labute approximate surface area is 70.4 Å². The van der Waals surface area contributed by atoms with Crippen molar-refractivity contribution in [1.82, 2.24) is 4.90 Å². The Bertz CT molecular complexity index is 125. The summed E-state index contributed by atoms with van der Waals surface area (Å²) in [5, 5.41) is 0. The van der Waals surface area contributed by atoms with Gasteiger partial charge >= 0.3 is 0 Å². The van der Waals surface area contributed by atoms with Gasteiger partial charge in [-0.1, -0.05) is 25.2 Å². The second-order valence-electron chi connectivity index (χ2n) is 3.19. The fourth-order valence-corrected chi connectivity index (χ4v) is 0.845. The maximum Gasteiger partial charge on any atom is 0.0157 e. The number of rotatable bonds is 5. The summed E-state index contributed by atoms with van der Waals surface area (Å²) in [4.78, 5) is 2.15. The van der Waals surface area contributed by atoms with Crippen LogP contribution < -0.4 is 0 Å². The van der Waals surface area contributed by atoms with E-state index >= 15 is 0 Å². The van der Waals surface area contributed by atoms with Crippen molar-refractivity contribution >= 4 is 0 Å². The SMILES string of the molecule is C=CCC(C)/C=C\CN(C)C. The standard InChI is InChI=1S/C10H19N/c1-5-7-10(2)8-6-9-11(3)4/h5-6,8,10H,1,7,9H2,2-4H3/b8-6-.